The Morgan fingerprint density at radius 2 is 1.81 bits per heavy atom. The first-order valence-corrected chi connectivity index (χ1v) is 11.7. The maximum Gasteiger partial charge on any atom is 0.433 e. The van der Waals surface area contributed by atoms with Gasteiger partial charge in [-0.1, -0.05) is 18.2 Å². The molecule has 1 aliphatic carbocycles. The van der Waals surface area contributed by atoms with Crippen LogP contribution in [-0.2, 0) is 17.5 Å². The molecule has 3 rings (SSSR count). The van der Waals surface area contributed by atoms with Crippen molar-refractivity contribution in [3.05, 3.63) is 47.5 Å². The van der Waals surface area contributed by atoms with Gasteiger partial charge in [0.25, 0.3) is 0 Å². The van der Waals surface area contributed by atoms with E-state index in [0.717, 1.165) is 10.8 Å². The van der Waals surface area contributed by atoms with Crippen molar-refractivity contribution >= 4 is 5.97 Å². The number of rotatable bonds is 10. The van der Waals surface area contributed by atoms with E-state index in [-0.39, 0.29) is 51.1 Å². The lowest BCUT2D eigenvalue weighted by molar-refractivity contribution is -0.182. The third-order valence-electron chi connectivity index (χ3n) is 6.45. The van der Waals surface area contributed by atoms with Crippen molar-refractivity contribution in [2.45, 2.75) is 75.8 Å². The fourth-order valence-corrected chi connectivity index (χ4v) is 4.59. The van der Waals surface area contributed by atoms with Gasteiger partial charge in [-0.05, 0) is 44.6 Å². The van der Waals surface area contributed by atoms with Crippen molar-refractivity contribution in [2.24, 2.45) is 11.7 Å². The van der Waals surface area contributed by atoms with Gasteiger partial charge in [0, 0.05) is 17.5 Å². The van der Waals surface area contributed by atoms with Crippen LogP contribution in [0.1, 0.15) is 67.9 Å². The average Bonchev–Trinajstić information content (AvgIpc) is 3.21. The number of carboxylic acids is 1. The second-order valence-corrected chi connectivity index (χ2v) is 9.13. The predicted molar refractivity (Wildman–Crippen MR) is 118 cm³/mol. The first kappa shape index (κ1) is 27.8. The minimum absolute atomic E-state index is 0.104. The molecule has 1 fully saturated rings. The molecule has 0 bridgehead atoms. The van der Waals surface area contributed by atoms with Crippen LogP contribution in [0, 0.1) is 5.92 Å². The number of aromatic nitrogens is 2. The summed E-state index contributed by atoms with van der Waals surface area (Å²) < 4.78 is 87.3. The van der Waals surface area contributed by atoms with Gasteiger partial charge in [0.05, 0.1) is 31.7 Å². The monoisotopic (exact) mass is 521 g/mol. The Kier molecular flexibility index (Phi) is 8.91. The smallest absolute Gasteiger partial charge is 0.433 e. The van der Waals surface area contributed by atoms with Gasteiger partial charge in [-0.15, -0.1) is 0 Å². The largest absolute Gasteiger partial charge is 0.493 e. The first-order valence-electron chi connectivity index (χ1n) is 11.7. The van der Waals surface area contributed by atoms with Crippen LogP contribution < -0.4 is 10.5 Å². The zero-order valence-corrected chi connectivity index (χ0v) is 19.5. The van der Waals surface area contributed by atoms with Crippen molar-refractivity contribution in [3.8, 4) is 5.75 Å². The standard InChI is InChI=1S/C24H29F6N3O3/c25-23(26,27)17-9-7-15(8-10-17)22-32-13-20(24(28,29)30)33(22)14-16-4-1-2-6-19(16)36-11-3-5-18(31)12-21(34)35/h1-2,4,6,13,15,17-18H,3,5,7-12,14,31H2,(H,34,35)/t15?,17?,18-/m1/s1. The molecule has 0 radical (unpaired) electrons. The summed E-state index contributed by atoms with van der Waals surface area (Å²) in [5, 5.41) is 8.77. The minimum atomic E-state index is -4.69. The summed E-state index contributed by atoms with van der Waals surface area (Å²) in [4.78, 5) is 14.7. The van der Waals surface area contributed by atoms with Crippen LogP contribution in [0.15, 0.2) is 30.5 Å². The number of alkyl halides is 6. The van der Waals surface area contributed by atoms with Crippen LogP contribution in [0.2, 0.25) is 0 Å². The molecule has 36 heavy (non-hydrogen) atoms. The molecule has 0 saturated heterocycles. The molecule has 3 N–H and O–H groups in total. The Balaban J connectivity index is 1.75. The number of benzene rings is 1. The Hall–Kier alpha value is -2.76. The highest BCUT2D eigenvalue weighted by Gasteiger charge is 2.43. The number of aliphatic carboxylic acids is 1. The molecule has 0 unspecified atom stereocenters. The predicted octanol–water partition coefficient (Wildman–Crippen LogP) is 5.75. The third-order valence-corrected chi connectivity index (χ3v) is 6.45. The number of nitrogens with zero attached hydrogens (tertiary/aromatic N) is 2. The molecular weight excluding hydrogens is 492 g/mol. The van der Waals surface area contributed by atoms with Crippen LogP contribution in [0.25, 0.3) is 0 Å². The number of halogens is 6. The number of ether oxygens (including phenoxy) is 1. The van der Waals surface area contributed by atoms with E-state index in [2.05, 4.69) is 4.98 Å². The molecule has 2 aromatic rings. The third kappa shape index (κ3) is 7.37. The van der Waals surface area contributed by atoms with Crippen LogP contribution in [-0.4, -0.2) is 39.5 Å². The zero-order valence-electron chi connectivity index (χ0n) is 19.5. The summed E-state index contributed by atoms with van der Waals surface area (Å²) in [6.45, 7) is -0.0211. The van der Waals surface area contributed by atoms with E-state index < -0.39 is 41.9 Å². The van der Waals surface area contributed by atoms with Gasteiger partial charge in [0.1, 0.15) is 17.3 Å². The summed E-state index contributed by atoms with van der Waals surface area (Å²) in [5.41, 5.74) is 5.23. The maximum atomic E-state index is 13.8. The second kappa shape index (κ2) is 11.5. The quantitative estimate of drug-likeness (QED) is 0.307. The summed E-state index contributed by atoms with van der Waals surface area (Å²) >= 11 is 0. The van der Waals surface area contributed by atoms with Crippen molar-refractivity contribution in [2.75, 3.05) is 6.61 Å². The number of imidazole rings is 1. The number of para-hydroxylation sites is 1. The van der Waals surface area contributed by atoms with Gasteiger partial charge < -0.3 is 20.1 Å². The number of carbonyl (C=O) groups is 1. The summed E-state index contributed by atoms with van der Waals surface area (Å²) in [6.07, 6.45) is -7.67. The fraction of sp³-hybridized carbons (Fsp3) is 0.583. The van der Waals surface area contributed by atoms with Gasteiger partial charge in [0.2, 0.25) is 0 Å². The Bertz CT molecular complexity index is 1010. The Morgan fingerprint density at radius 3 is 2.42 bits per heavy atom. The van der Waals surface area contributed by atoms with Crippen LogP contribution >= 0.6 is 0 Å². The molecule has 12 heteroatoms. The highest BCUT2D eigenvalue weighted by atomic mass is 19.4. The molecule has 1 aromatic carbocycles. The van der Waals surface area contributed by atoms with E-state index in [1.54, 1.807) is 24.3 Å². The van der Waals surface area contributed by atoms with Gasteiger partial charge in [-0.2, -0.15) is 26.3 Å². The highest BCUT2D eigenvalue weighted by molar-refractivity contribution is 5.67. The van der Waals surface area contributed by atoms with Crippen LogP contribution in [0.5, 0.6) is 5.75 Å². The lowest BCUT2D eigenvalue weighted by Crippen LogP contribution is -2.28. The van der Waals surface area contributed by atoms with E-state index in [1.165, 1.54) is 0 Å². The second-order valence-electron chi connectivity index (χ2n) is 9.13. The van der Waals surface area contributed by atoms with E-state index >= 15 is 0 Å². The lowest BCUT2D eigenvalue weighted by Gasteiger charge is -2.30. The molecule has 1 saturated carbocycles. The first-order chi connectivity index (χ1) is 16.9. The molecule has 200 valence electrons. The highest BCUT2D eigenvalue weighted by Crippen LogP contribution is 2.43. The van der Waals surface area contributed by atoms with Crippen molar-refractivity contribution in [3.63, 3.8) is 0 Å². The van der Waals surface area contributed by atoms with E-state index in [9.17, 15) is 31.1 Å². The van der Waals surface area contributed by atoms with Crippen LogP contribution in [0.3, 0.4) is 0 Å². The van der Waals surface area contributed by atoms with E-state index in [1.807, 2.05) is 0 Å². The molecule has 0 aliphatic heterocycles. The molecule has 1 aromatic heterocycles. The topological polar surface area (TPSA) is 90.4 Å². The van der Waals surface area contributed by atoms with Gasteiger partial charge in [-0.25, -0.2) is 4.98 Å². The average molecular weight is 522 g/mol. The normalized spacial score (nSPS) is 19.8. The number of hydrogen-bond acceptors (Lipinski definition) is 4. The van der Waals surface area contributed by atoms with Crippen LogP contribution in [0.4, 0.5) is 26.3 Å². The van der Waals surface area contributed by atoms with E-state index in [4.69, 9.17) is 15.6 Å². The van der Waals surface area contributed by atoms with E-state index in [0.29, 0.717) is 24.2 Å². The maximum absolute atomic E-state index is 13.8. The molecule has 1 heterocycles. The zero-order chi connectivity index (χ0) is 26.5. The summed E-state index contributed by atoms with van der Waals surface area (Å²) in [5.74, 6) is -2.48. The van der Waals surface area contributed by atoms with Crippen molar-refractivity contribution in [1.82, 2.24) is 9.55 Å². The minimum Gasteiger partial charge on any atom is -0.493 e. The fourth-order valence-electron chi connectivity index (χ4n) is 4.59. The molecule has 0 spiro atoms. The summed E-state index contributed by atoms with van der Waals surface area (Å²) in [6, 6.07) is 6.04. The number of nitrogens with two attached hydrogens (primary N) is 1. The lowest BCUT2D eigenvalue weighted by atomic mass is 9.81. The SMILES string of the molecule is N[C@H](CCCOc1ccccc1Cn1c(C(F)(F)F)cnc1C1CCC(C(F)(F)F)CC1)CC(=O)O. The van der Waals surface area contributed by atoms with Crippen molar-refractivity contribution in [1.29, 1.82) is 0 Å². The molecular formula is C24H29F6N3O3. The summed E-state index contributed by atoms with van der Waals surface area (Å²) in [7, 11) is 0. The Morgan fingerprint density at radius 1 is 1.14 bits per heavy atom. The Labute approximate surface area is 204 Å². The number of hydrogen-bond donors (Lipinski definition) is 2. The van der Waals surface area contributed by atoms with Gasteiger partial charge in [0.15, 0.2) is 0 Å². The van der Waals surface area contributed by atoms with Gasteiger partial charge in [-0.3, -0.25) is 4.79 Å². The van der Waals surface area contributed by atoms with Gasteiger partial charge >= 0.3 is 18.3 Å². The molecule has 6 nitrogen and oxygen atoms in total. The molecule has 0 amide bonds. The molecule has 1 atom stereocenters. The number of carboxylic acid groups (broad SMARTS) is 1. The van der Waals surface area contributed by atoms with Crippen molar-refractivity contribution < 1.29 is 41.0 Å². The molecule has 1 aliphatic rings.